The predicted molar refractivity (Wildman–Crippen MR) is 207 cm³/mol. The van der Waals surface area contributed by atoms with Crippen molar-refractivity contribution in [2.24, 2.45) is 0 Å². The number of hydrogen-bond acceptors (Lipinski definition) is 3. The van der Waals surface area contributed by atoms with Crippen molar-refractivity contribution < 1.29 is 0 Å². The van der Waals surface area contributed by atoms with E-state index in [1.54, 1.807) is 0 Å². The average molecular weight is 628 g/mol. The predicted octanol–water partition coefficient (Wildman–Crippen LogP) is 12.0. The Hall–Kier alpha value is -6.45. The van der Waals surface area contributed by atoms with Gasteiger partial charge in [-0.2, -0.15) is 0 Å². The molecular weight excluding hydrogens is 595 g/mol. The van der Waals surface area contributed by atoms with Gasteiger partial charge in [0.15, 0.2) is 17.5 Å². The van der Waals surface area contributed by atoms with Crippen LogP contribution in [0.4, 0.5) is 0 Å². The number of nitrogens with zero attached hydrogens (tertiary/aromatic N) is 3. The molecule has 0 atom stereocenters. The first-order valence-corrected chi connectivity index (χ1v) is 16.5. The van der Waals surface area contributed by atoms with Crippen LogP contribution >= 0.6 is 0 Å². The van der Waals surface area contributed by atoms with Gasteiger partial charge in [0.2, 0.25) is 0 Å². The zero-order valence-electron chi connectivity index (χ0n) is 27.2. The van der Waals surface area contributed by atoms with Gasteiger partial charge in [-0.15, -0.1) is 0 Å². The van der Waals surface area contributed by atoms with Crippen LogP contribution in [-0.4, -0.2) is 15.0 Å². The molecule has 8 aromatic rings. The van der Waals surface area contributed by atoms with Gasteiger partial charge in [0.1, 0.15) is 0 Å². The second-order valence-electron chi connectivity index (χ2n) is 12.1. The molecule has 0 fully saturated rings. The van der Waals surface area contributed by atoms with Crippen LogP contribution in [0, 0.1) is 0 Å². The molecule has 3 heteroatoms. The molecule has 0 aliphatic rings. The average Bonchev–Trinajstić information content (AvgIpc) is 3.18. The van der Waals surface area contributed by atoms with E-state index in [0.29, 0.717) is 17.5 Å². The van der Waals surface area contributed by atoms with Crippen molar-refractivity contribution in [3.63, 3.8) is 0 Å². The number of benzene rings is 7. The summed E-state index contributed by atoms with van der Waals surface area (Å²) in [7, 11) is 0. The molecule has 0 aliphatic heterocycles. The molecule has 0 radical (unpaired) electrons. The van der Waals surface area contributed by atoms with E-state index in [1.165, 1.54) is 32.3 Å². The van der Waals surface area contributed by atoms with Gasteiger partial charge in [0.05, 0.1) is 0 Å². The Kier molecular flexibility index (Phi) is 7.93. The highest BCUT2D eigenvalue weighted by Gasteiger charge is 2.14. The fourth-order valence-electron chi connectivity index (χ4n) is 6.56. The number of hydrogen-bond donors (Lipinski definition) is 0. The van der Waals surface area contributed by atoms with E-state index in [0.717, 1.165) is 39.0 Å². The molecule has 1 aromatic heterocycles. The fraction of sp³-hybridized carbons (Fsp3) is 0.0217. The van der Waals surface area contributed by atoms with Crippen LogP contribution < -0.4 is 0 Å². The lowest BCUT2D eigenvalue weighted by Gasteiger charge is -2.13. The number of allylic oxidation sites excluding steroid dienone is 5. The van der Waals surface area contributed by atoms with E-state index in [2.05, 4.69) is 111 Å². The van der Waals surface area contributed by atoms with Gasteiger partial charge < -0.3 is 0 Å². The highest BCUT2D eigenvalue weighted by molar-refractivity contribution is 6.25. The van der Waals surface area contributed by atoms with Crippen LogP contribution in [-0.2, 0) is 0 Å². The Morgan fingerprint density at radius 3 is 1.47 bits per heavy atom. The van der Waals surface area contributed by atoms with Crippen LogP contribution in [0.25, 0.3) is 77.6 Å². The number of rotatable bonds is 7. The first kappa shape index (κ1) is 29.9. The van der Waals surface area contributed by atoms with Crippen LogP contribution in [0.1, 0.15) is 18.1 Å². The van der Waals surface area contributed by atoms with Crippen LogP contribution in [0.3, 0.4) is 0 Å². The lowest BCUT2D eigenvalue weighted by atomic mass is 9.91. The first-order valence-electron chi connectivity index (χ1n) is 16.5. The van der Waals surface area contributed by atoms with E-state index < -0.39 is 0 Å². The van der Waals surface area contributed by atoms with Crippen LogP contribution in [0.15, 0.2) is 176 Å². The SMILES string of the molecule is C=C(/C=C(\C=C/C)c1ccc2c3ccccc3c3ccccc3c2c1)c1cccc(-c2nc(-c3ccccc3)nc(-c3ccccc3)n2)c1. The monoisotopic (exact) mass is 627 g/mol. The molecule has 0 bridgehead atoms. The summed E-state index contributed by atoms with van der Waals surface area (Å²) in [5.41, 5.74) is 6.92. The Balaban J connectivity index is 1.20. The van der Waals surface area contributed by atoms with Gasteiger partial charge in [0, 0.05) is 16.7 Å². The van der Waals surface area contributed by atoms with Crippen molar-refractivity contribution in [2.75, 3.05) is 0 Å². The van der Waals surface area contributed by atoms with Gasteiger partial charge in [-0.1, -0.05) is 158 Å². The molecule has 0 amide bonds. The Bertz CT molecular complexity index is 2470. The molecule has 49 heavy (non-hydrogen) atoms. The molecule has 1 heterocycles. The Morgan fingerprint density at radius 2 is 0.918 bits per heavy atom. The summed E-state index contributed by atoms with van der Waals surface area (Å²) in [6, 6.07) is 52.6. The second-order valence-corrected chi connectivity index (χ2v) is 12.1. The standard InChI is InChI=1S/C46H33N3/c1-3-15-35(36-26-27-42-40-24-11-10-22-38(40)39-23-12-13-25-41(39)43(42)30-36)28-31(2)34-20-14-21-37(29-34)46-48-44(32-16-6-4-7-17-32)47-45(49-46)33-18-8-5-9-19-33/h3-30H,2H2,1H3/b15-3-,35-28+. The second kappa shape index (κ2) is 13.0. The van der Waals surface area contributed by atoms with Crippen molar-refractivity contribution in [2.45, 2.75) is 6.92 Å². The van der Waals surface area contributed by atoms with Gasteiger partial charge in [-0.05, 0) is 79.7 Å². The minimum absolute atomic E-state index is 0.619. The largest absolute Gasteiger partial charge is 0.208 e. The smallest absolute Gasteiger partial charge is 0.164 e. The van der Waals surface area contributed by atoms with Crippen molar-refractivity contribution in [3.8, 4) is 34.2 Å². The van der Waals surface area contributed by atoms with E-state index in [-0.39, 0.29) is 0 Å². The van der Waals surface area contributed by atoms with Gasteiger partial charge in [-0.25, -0.2) is 15.0 Å². The van der Waals surface area contributed by atoms with E-state index in [4.69, 9.17) is 15.0 Å². The molecule has 0 unspecified atom stereocenters. The summed E-state index contributed by atoms with van der Waals surface area (Å²) >= 11 is 0. The molecule has 0 spiro atoms. The van der Waals surface area contributed by atoms with Crippen LogP contribution in [0.5, 0.6) is 0 Å². The van der Waals surface area contributed by atoms with E-state index in [9.17, 15) is 0 Å². The summed E-state index contributed by atoms with van der Waals surface area (Å²) in [5.74, 6) is 1.90. The minimum Gasteiger partial charge on any atom is -0.208 e. The highest BCUT2D eigenvalue weighted by Crippen LogP contribution is 2.37. The van der Waals surface area contributed by atoms with Crippen molar-refractivity contribution in [3.05, 3.63) is 188 Å². The van der Waals surface area contributed by atoms with Crippen molar-refractivity contribution in [1.82, 2.24) is 15.0 Å². The Labute approximate surface area is 286 Å². The summed E-state index contributed by atoms with van der Waals surface area (Å²) < 4.78 is 0. The van der Waals surface area contributed by atoms with E-state index >= 15 is 0 Å². The molecular formula is C46H33N3. The lowest BCUT2D eigenvalue weighted by molar-refractivity contribution is 1.07. The van der Waals surface area contributed by atoms with Crippen molar-refractivity contribution >= 4 is 43.5 Å². The maximum absolute atomic E-state index is 4.93. The molecule has 7 aromatic carbocycles. The zero-order chi connectivity index (χ0) is 33.2. The third-order valence-corrected chi connectivity index (χ3v) is 8.94. The molecule has 0 aliphatic carbocycles. The molecule has 3 nitrogen and oxygen atoms in total. The highest BCUT2D eigenvalue weighted by atomic mass is 15.0. The summed E-state index contributed by atoms with van der Waals surface area (Å²) in [5, 5.41) is 7.57. The molecule has 232 valence electrons. The quantitative estimate of drug-likeness (QED) is 0.130. The Morgan fingerprint density at radius 1 is 0.449 bits per heavy atom. The first-order chi connectivity index (χ1) is 24.2. The minimum atomic E-state index is 0.619. The topological polar surface area (TPSA) is 38.7 Å². The van der Waals surface area contributed by atoms with E-state index in [1.807, 2.05) is 72.8 Å². The number of aromatic nitrogens is 3. The molecule has 8 rings (SSSR count). The third-order valence-electron chi connectivity index (χ3n) is 8.94. The number of fused-ring (bicyclic) bond motifs is 6. The normalized spacial score (nSPS) is 11.9. The fourth-order valence-corrected chi connectivity index (χ4v) is 6.56. The lowest BCUT2D eigenvalue weighted by Crippen LogP contribution is -2.00. The molecule has 0 saturated carbocycles. The van der Waals surface area contributed by atoms with Gasteiger partial charge in [-0.3, -0.25) is 0 Å². The maximum atomic E-state index is 4.93. The maximum Gasteiger partial charge on any atom is 0.164 e. The molecule has 0 N–H and O–H groups in total. The summed E-state index contributed by atoms with van der Waals surface area (Å²) in [6.07, 6.45) is 6.41. The van der Waals surface area contributed by atoms with Crippen LogP contribution in [0.2, 0.25) is 0 Å². The van der Waals surface area contributed by atoms with Crippen molar-refractivity contribution in [1.29, 1.82) is 0 Å². The van der Waals surface area contributed by atoms with Gasteiger partial charge in [0.25, 0.3) is 0 Å². The summed E-state index contributed by atoms with van der Waals surface area (Å²) in [4.78, 5) is 14.7. The summed E-state index contributed by atoms with van der Waals surface area (Å²) in [6.45, 7) is 6.58. The molecule has 0 saturated heterocycles. The van der Waals surface area contributed by atoms with Gasteiger partial charge >= 0.3 is 0 Å². The zero-order valence-corrected chi connectivity index (χ0v) is 27.2. The third kappa shape index (κ3) is 5.83.